The van der Waals surface area contributed by atoms with Crippen LogP contribution in [-0.2, 0) is 25.5 Å². The van der Waals surface area contributed by atoms with E-state index in [0.29, 0.717) is 12.0 Å². The number of aliphatic carboxylic acids is 1. The quantitative estimate of drug-likeness (QED) is 0.575. The van der Waals surface area contributed by atoms with E-state index in [1.807, 2.05) is 20.8 Å². The van der Waals surface area contributed by atoms with Crippen molar-refractivity contribution < 1.29 is 29.0 Å². The number of hydrogen-bond acceptors (Lipinski definition) is 5. The summed E-state index contributed by atoms with van der Waals surface area (Å²) in [6, 6.07) is 5.49. The van der Waals surface area contributed by atoms with Crippen molar-refractivity contribution in [1.82, 2.24) is 10.6 Å². The summed E-state index contributed by atoms with van der Waals surface area (Å²) < 4.78 is 5.52. The molecule has 1 heterocycles. The van der Waals surface area contributed by atoms with Crippen molar-refractivity contribution in [3.8, 4) is 0 Å². The Labute approximate surface area is 163 Å². The number of carbonyl (C=O) groups is 4. The fourth-order valence-electron chi connectivity index (χ4n) is 2.83. The molecular weight excluding hydrogens is 364 g/mol. The van der Waals surface area contributed by atoms with Crippen molar-refractivity contribution in [1.29, 1.82) is 0 Å². The van der Waals surface area contributed by atoms with Gasteiger partial charge in [0.25, 0.3) is 5.91 Å². The molecule has 2 rings (SSSR count). The minimum absolute atomic E-state index is 0.154. The van der Waals surface area contributed by atoms with Gasteiger partial charge < -0.3 is 15.2 Å². The number of amides is 3. The van der Waals surface area contributed by atoms with E-state index in [2.05, 4.69) is 10.6 Å². The lowest BCUT2D eigenvalue weighted by atomic mass is 9.97. The minimum Gasteiger partial charge on any atom is -0.480 e. The van der Waals surface area contributed by atoms with Crippen LogP contribution in [0.4, 0.5) is 0 Å². The third-order valence-electron chi connectivity index (χ3n) is 4.31. The largest absolute Gasteiger partial charge is 0.480 e. The van der Waals surface area contributed by atoms with Gasteiger partial charge in [-0.25, -0.2) is 4.79 Å². The van der Waals surface area contributed by atoms with Crippen molar-refractivity contribution in [2.75, 3.05) is 6.61 Å². The molecule has 3 amide bonds. The predicted octanol–water partition coefficient (Wildman–Crippen LogP) is 1.28. The van der Waals surface area contributed by atoms with Gasteiger partial charge in [0.2, 0.25) is 11.8 Å². The smallest absolute Gasteiger partial charge is 0.326 e. The van der Waals surface area contributed by atoms with Crippen LogP contribution in [0.25, 0.3) is 0 Å². The molecule has 2 atom stereocenters. The molecule has 0 saturated carbocycles. The average molecular weight is 390 g/mol. The van der Waals surface area contributed by atoms with Crippen LogP contribution < -0.4 is 10.6 Å². The van der Waals surface area contributed by atoms with Crippen molar-refractivity contribution in [2.45, 2.75) is 51.7 Å². The Balaban J connectivity index is 1.92. The molecule has 2 unspecified atom stereocenters. The van der Waals surface area contributed by atoms with Crippen LogP contribution >= 0.6 is 0 Å². The van der Waals surface area contributed by atoms with Crippen molar-refractivity contribution >= 4 is 23.7 Å². The van der Waals surface area contributed by atoms with Crippen LogP contribution in [0.1, 0.15) is 49.5 Å². The topological polar surface area (TPSA) is 122 Å². The number of hydrogen-bond donors (Lipinski definition) is 3. The fraction of sp³-hybridized carbons (Fsp3) is 0.500. The van der Waals surface area contributed by atoms with Crippen molar-refractivity contribution in [2.24, 2.45) is 5.92 Å². The van der Waals surface area contributed by atoms with E-state index in [9.17, 15) is 24.3 Å². The van der Waals surface area contributed by atoms with Gasteiger partial charge in [0.15, 0.2) is 0 Å². The molecule has 1 aliphatic rings. The number of carbonyl (C=O) groups excluding carboxylic acids is 3. The average Bonchev–Trinajstić information content (AvgIpc) is 2.90. The first-order chi connectivity index (χ1) is 13.0. The third-order valence-corrected chi connectivity index (χ3v) is 4.31. The van der Waals surface area contributed by atoms with Gasteiger partial charge in [0.05, 0.1) is 11.5 Å². The van der Waals surface area contributed by atoms with E-state index in [4.69, 9.17) is 4.74 Å². The van der Waals surface area contributed by atoms with Crippen LogP contribution in [-0.4, -0.2) is 47.0 Å². The molecule has 152 valence electrons. The maximum absolute atomic E-state index is 12.3. The first-order valence-corrected chi connectivity index (χ1v) is 9.15. The van der Waals surface area contributed by atoms with E-state index in [1.54, 1.807) is 24.3 Å². The molecule has 0 spiro atoms. The third kappa shape index (κ3) is 6.45. The summed E-state index contributed by atoms with van der Waals surface area (Å²) in [5.41, 5.74) is 0.752. The second-order valence-electron chi connectivity index (χ2n) is 7.83. The monoisotopic (exact) mass is 390 g/mol. The Morgan fingerprint density at radius 2 is 1.89 bits per heavy atom. The standard InChI is InChI=1S/C20H26N2O6/c1-20(2,3)28-9-8-15(19(26)27)21-17(24)13-6-4-12(5-7-13)10-14-11-16(23)22-18(14)25/h4-7,14-15H,8-11H2,1-3H3,(H,21,24)(H,26,27)(H,22,23,25). The molecule has 0 radical (unpaired) electrons. The molecule has 1 saturated heterocycles. The lowest BCUT2D eigenvalue weighted by molar-refractivity contribution is -0.140. The van der Waals surface area contributed by atoms with Gasteiger partial charge in [-0.1, -0.05) is 12.1 Å². The van der Waals surface area contributed by atoms with Crippen LogP contribution in [0.15, 0.2) is 24.3 Å². The molecule has 1 aromatic rings. The highest BCUT2D eigenvalue weighted by Gasteiger charge is 2.30. The van der Waals surface area contributed by atoms with Gasteiger partial charge in [0, 0.05) is 25.0 Å². The molecular formula is C20H26N2O6. The van der Waals surface area contributed by atoms with Gasteiger partial charge in [-0.05, 0) is 44.9 Å². The number of imide groups is 1. The molecule has 1 fully saturated rings. The second kappa shape index (κ2) is 8.97. The molecule has 0 aliphatic carbocycles. The van der Waals surface area contributed by atoms with Gasteiger partial charge in [-0.3, -0.25) is 19.7 Å². The molecule has 28 heavy (non-hydrogen) atoms. The fourth-order valence-corrected chi connectivity index (χ4v) is 2.83. The molecule has 1 aromatic carbocycles. The van der Waals surface area contributed by atoms with Crippen molar-refractivity contribution in [3.63, 3.8) is 0 Å². The van der Waals surface area contributed by atoms with Crippen LogP contribution in [0.5, 0.6) is 0 Å². The van der Waals surface area contributed by atoms with E-state index < -0.39 is 23.8 Å². The number of ether oxygens (including phenoxy) is 1. The highest BCUT2D eigenvalue weighted by molar-refractivity contribution is 6.03. The SMILES string of the molecule is CC(C)(C)OCCC(NC(=O)c1ccc(CC2CC(=O)NC2=O)cc1)C(=O)O. The number of benzene rings is 1. The zero-order valence-corrected chi connectivity index (χ0v) is 16.3. The van der Waals surface area contributed by atoms with Crippen LogP contribution in [0.3, 0.4) is 0 Å². The maximum atomic E-state index is 12.3. The summed E-state index contributed by atoms with van der Waals surface area (Å²) in [6.07, 6.45) is 0.723. The van der Waals surface area contributed by atoms with Gasteiger partial charge >= 0.3 is 5.97 Å². The Morgan fingerprint density at radius 1 is 1.25 bits per heavy atom. The van der Waals surface area contributed by atoms with Gasteiger partial charge in [-0.15, -0.1) is 0 Å². The van der Waals surface area contributed by atoms with Gasteiger partial charge in [0.1, 0.15) is 6.04 Å². The highest BCUT2D eigenvalue weighted by atomic mass is 16.5. The van der Waals surface area contributed by atoms with Gasteiger partial charge in [-0.2, -0.15) is 0 Å². The first-order valence-electron chi connectivity index (χ1n) is 9.15. The summed E-state index contributed by atoms with van der Waals surface area (Å²) >= 11 is 0. The number of rotatable bonds is 8. The number of carboxylic acids is 1. The summed E-state index contributed by atoms with van der Waals surface area (Å²) in [5.74, 6) is -2.58. The first kappa shape index (κ1) is 21.6. The van der Waals surface area contributed by atoms with E-state index in [1.165, 1.54) is 0 Å². The normalized spacial score (nSPS) is 17.9. The zero-order chi connectivity index (χ0) is 20.9. The maximum Gasteiger partial charge on any atom is 0.326 e. The molecule has 0 aromatic heterocycles. The summed E-state index contributed by atoms with van der Waals surface area (Å²) in [5, 5.41) is 14.1. The van der Waals surface area contributed by atoms with Crippen molar-refractivity contribution in [3.05, 3.63) is 35.4 Å². The Kier molecular flexibility index (Phi) is 6.90. The molecule has 8 nitrogen and oxygen atoms in total. The molecule has 8 heteroatoms. The molecule has 1 aliphatic heterocycles. The van der Waals surface area contributed by atoms with E-state index >= 15 is 0 Å². The van der Waals surface area contributed by atoms with E-state index in [-0.39, 0.29) is 36.9 Å². The van der Waals surface area contributed by atoms with E-state index in [0.717, 1.165) is 5.56 Å². The summed E-state index contributed by atoms with van der Waals surface area (Å²) in [6.45, 7) is 5.82. The molecule has 0 bridgehead atoms. The predicted molar refractivity (Wildman–Crippen MR) is 101 cm³/mol. The minimum atomic E-state index is -1.13. The number of nitrogens with one attached hydrogen (secondary N) is 2. The lowest BCUT2D eigenvalue weighted by Gasteiger charge is -2.21. The Morgan fingerprint density at radius 3 is 2.39 bits per heavy atom. The number of carboxylic acid groups (broad SMARTS) is 1. The molecule has 3 N–H and O–H groups in total. The lowest BCUT2D eigenvalue weighted by Crippen LogP contribution is -2.42. The Bertz CT molecular complexity index is 751. The van der Waals surface area contributed by atoms with Crippen LogP contribution in [0.2, 0.25) is 0 Å². The Hall–Kier alpha value is -2.74. The zero-order valence-electron chi connectivity index (χ0n) is 16.3. The van der Waals surface area contributed by atoms with Crippen LogP contribution in [0, 0.1) is 5.92 Å². The second-order valence-corrected chi connectivity index (χ2v) is 7.83. The highest BCUT2D eigenvalue weighted by Crippen LogP contribution is 2.18. The summed E-state index contributed by atoms with van der Waals surface area (Å²) in [7, 11) is 0. The summed E-state index contributed by atoms with van der Waals surface area (Å²) in [4.78, 5) is 46.6.